The summed E-state index contributed by atoms with van der Waals surface area (Å²) in [6.07, 6.45) is 1.32. The van der Waals surface area contributed by atoms with Crippen molar-refractivity contribution in [2.75, 3.05) is 13.6 Å². The Kier molecular flexibility index (Phi) is 1.44. The van der Waals surface area contributed by atoms with E-state index in [0.29, 0.717) is 12.2 Å². The molecule has 1 aromatic heterocycles. The zero-order valence-electron chi connectivity index (χ0n) is 6.64. The standard InChI is InChI=1S/C7H9F2N3/c1-12-2-5-6(11-4-10-5)7(8,9)3-12/h4H,2-3H2,1H3,(H,10,11). The van der Waals surface area contributed by atoms with Crippen molar-refractivity contribution in [3.8, 4) is 0 Å². The van der Waals surface area contributed by atoms with Crippen molar-refractivity contribution >= 4 is 0 Å². The highest BCUT2D eigenvalue weighted by atomic mass is 19.3. The van der Waals surface area contributed by atoms with Gasteiger partial charge in [-0.3, -0.25) is 4.90 Å². The van der Waals surface area contributed by atoms with Gasteiger partial charge in [0, 0.05) is 6.54 Å². The summed E-state index contributed by atoms with van der Waals surface area (Å²) in [7, 11) is 1.66. The highest BCUT2D eigenvalue weighted by molar-refractivity contribution is 5.20. The van der Waals surface area contributed by atoms with Gasteiger partial charge >= 0.3 is 5.92 Å². The second kappa shape index (κ2) is 2.26. The smallest absolute Gasteiger partial charge is 0.303 e. The first-order valence-corrected chi connectivity index (χ1v) is 3.69. The van der Waals surface area contributed by atoms with Crippen molar-refractivity contribution in [2.24, 2.45) is 0 Å². The maximum absolute atomic E-state index is 13.2. The zero-order chi connectivity index (χ0) is 8.77. The van der Waals surface area contributed by atoms with Gasteiger partial charge < -0.3 is 4.98 Å². The molecule has 0 spiro atoms. The van der Waals surface area contributed by atoms with Gasteiger partial charge in [0.05, 0.1) is 18.6 Å². The number of fused-ring (bicyclic) bond motifs is 1. The van der Waals surface area contributed by atoms with Crippen LogP contribution in [0.5, 0.6) is 0 Å². The molecule has 12 heavy (non-hydrogen) atoms. The summed E-state index contributed by atoms with van der Waals surface area (Å²) >= 11 is 0. The molecule has 1 N–H and O–H groups in total. The molecule has 0 saturated heterocycles. The number of imidazole rings is 1. The van der Waals surface area contributed by atoms with Gasteiger partial charge in [-0.05, 0) is 7.05 Å². The molecule has 1 aromatic rings. The Morgan fingerprint density at radius 3 is 3.17 bits per heavy atom. The zero-order valence-corrected chi connectivity index (χ0v) is 6.64. The number of rotatable bonds is 0. The van der Waals surface area contributed by atoms with E-state index < -0.39 is 5.92 Å². The number of halogens is 2. The molecule has 0 radical (unpaired) electrons. The third-order valence-corrected chi connectivity index (χ3v) is 1.96. The molecule has 0 saturated carbocycles. The fourth-order valence-corrected chi connectivity index (χ4v) is 1.50. The SMILES string of the molecule is CN1Cc2[nH]cnc2C(F)(F)C1. The monoisotopic (exact) mass is 173 g/mol. The molecule has 1 aliphatic rings. The summed E-state index contributed by atoms with van der Waals surface area (Å²) in [5.41, 5.74) is 0.425. The van der Waals surface area contributed by atoms with E-state index in [0.717, 1.165) is 0 Å². The minimum absolute atomic E-state index is 0.0967. The van der Waals surface area contributed by atoms with Crippen molar-refractivity contribution in [3.63, 3.8) is 0 Å². The summed E-state index contributed by atoms with van der Waals surface area (Å²) in [6, 6.07) is 0. The molecular weight excluding hydrogens is 164 g/mol. The van der Waals surface area contributed by atoms with Crippen LogP contribution in [0.2, 0.25) is 0 Å². The third-order valence-electron chi connectivity index (χ3n) is 1.96. The maximum Gasteiger partial charge on any atom is 0.303 e. The molecule has 1 aliphatic heterocycles. The van der Waals surface area contributed by atoms with Crippen molar-refractivity contribution in [2.45, 2.75) is 12.5 Å². The number of nitrogens with zero attached hydrogens (tertiary/aromatic N) is 2. The van der Waals surface area contributed by atoms with E-state index in [1.54, 1.807) is 11.9 Å². The van der Waals surface area contributed by atoms with Crippen LogP contribution in [0.4, 0.5) is 8.78 Å². The molecule has 0 amide bonds. The minimum atomic E-state index is -2.80. The van der Waals surface area contributed by atoms with Crippen LogP contribution < -0.4 is 0 Å². The molecule has 2 rings (SSSR count). The second-order valence-electron chi connectivity index (χ2n) is 3.11. The summed E-state index contributed by atoms with van der Waals surface area (Å²) < 4.78 is 26.3. The topological polar surface area (TPSA) is 31.9 Å². The number of hydrogen-bond donors (Lipinski definition) is 1. The molecule has 0 bridgehead atoms. The Morgan fingerprint density at radius 2 is 2.42 bits per heavy atom. The molecular formula is C7H9F2N3. The highest BCUT2D eigenvalue weighted by Crippen LogP contribution is 2.33. The third kappa shape index (κ3) is 1.01. The van der Waals surface area contributed by atoms with Crippen molar-refractivity contribution in [1.82, 2.24) is 14.9 Å². The molecule has 3 nitrogen and oxygen atoms in total. The number of aromatic nitrogens is 2. The first-order chi connectivity index (χ1) is 5.59. The Balaban J connectivity index is 2.45. The Labute approximate surface area is 68.4 Å². The summed E-state index contributed by atoms with van der Waals surface area (Å²) in [5.74, 6) is -2.80. The van der Waals surface area contributed by atoms with E-state index in [1.807, 2.05) is 0 Å². The fraction of sp³-hybridized carbons (Fsp3) is 0.571. The van der Waals surface area contributed by atoms with E-state index in [9.17, 15) is 8.78 Å². The van der Waals surface area contributed by atoms with E-state index >= 15 is 0 Å². The van der Waals surface area contributed by atoms with Crippen LogP contribution in [0.25, 0.3) is 0 Å². The summed E-state index contributed by atoms with van der Waals surface area (Å²) in [5, 5.41) is 0. The number of alkyl halides is 2. The van der Waals surface area contributed by atoms with Gasteiger partial charge in [-0.25, -0.2) is 4.98 Å². The highest BCUT2D eigenvalue weighted by Gasteiger charge is 2.41. The lowest BCUT2D eigenvalue weighted by Crippen LogP contribution is -2.38. The maximum atomic E-state index is 13.2. The van der Waals surface area contributed by atoms with Crippen LogP contribution in [0.15, 0.2) is 6.33 Å². The lowest BCUT2D eigenvalue weighted by molar-refractivity contribution is -0.0494. The Bertz CT molecular complexity index is 295. The molecule has 5 heteroatoms. The van der Waals surface area contributed by atoms with E-state index in [-0.39, 0.29) is 12.2 Å². The lowest BCUT2D eigenvalue weighted by Gasteiger charge is -2.28. The van der Waals surface area contributed by atoms with Gasteiger partial charge in [0.15, 0.2) is 0 Å². The minimum Gasteiger partial charge on any atom is -0.347 e. The van der Waals surface area contributed by atoms with Gasteiger partial charge in [-0.1, -0.05) is 0 Å². The molecule has 0 atom stereocenters. The Morgan fingerprint density at radius 1 is 1.67 bits per heavy atom. The van der Waals surface area contributed by atoms with Crippen LogP contribution in [0.3, 0.4) is 0 Å². The molecule has 0 fully saturated rings. The predicted molar refractivity (Wildman–Crippen MR) is 38.8 cm³/mol. The van der Waals surface area contributed by atoms with Gasteiger partial charge in [0.2, 0.25) is 0 Å². The normalized spacial score (nSPS) is 22.2. The number of hydrogen-bond acceptors (Lipinski definition) is 2. The van der Waals surface area contributed by atoms with Crippen LogP contribution in [0.1, 0.15) is 11.4 Å². The van der Waals surface area contributed by atoms with Gasteiger partial charge in [0.1, 0.15) is 5.69 Å². The van der Waals surface area contributed by atoms with Gasteiger partial charge in [0.25, 0.3) is 0 Å². The van der Waals surface area contributed by atoms with E-state index in [2.05, 4.69) is 9.97 Å². The number of aromatic amines is 1. The predicted octanol–water partition coefficient (Wildman–Crippen LogP) is 0.947. The van der Waals surface area contributed by atoms with Crippen molar-refractivity contribution in [1.29, 1.82) is 0 Å². The van der Waals surface area contributed by atoms with E-state index in [1.165, 1.54) is 6.33 Å². The van der Waals surface area contributed by atoms with Crippen LogP contribution in [-0.2, 0) is 12.5 Å². The quantitative estimate of drug-likeness (QED) is 0.633. The molecule has 0 aliphatic carbocycles. The number of likely N-dealkylation sites (N-methyl/N-ethyl adjacent to an activating group) is 1. The van der Waals surface area contributed by atoms with Crippen LogP contribution >= 0.6 is 0 Å². The van der Waals surface area contributed by atoms with Gasteiger partial charge in [-0.15, -0.1) is 0 Å². The van der Waals surface area contributed by atoms with Crippen molar-refractivity contribution < 1.29 is 8.78 Å². The second-order valence-corrected chi connectivity index (χ2v) is 3.11. The molecule has 2 heterocycles. The van der Waals surface area contributed by atoms with Crippen LogP contribution in [0, 0.1) is 0 Å². The lowest BCUT2D eigenvalue weighted by atomic mass is 10.1. The van der Waals surface area contributed by atoms with Crippen LogP contribution in [-0.4, -0.2) is 28.5 Å². The van der Waals surface area contributed by atoms with E-state index in [4.69, 9.17) is 0 Å². The molecule has 0 unspecified atom stereocenters. The summed E-state index contributed by atoms with van der Waals surface area (Å²) in [6.45, 7) is 0.274. The summed E-state index contributed by atoms with van der Waals surface area (Å²) in [4.78, 5) is 7.89. The number of H-pyrrole nitrogens is 1. The first kappa shape index (κ1) is 7.67. The largest absolute Gasteiger partial charge is 0.347 e. The first-order valence-electron chi connectivity index (χ1n) is 3.69. The Hall–Kier alpha value is -0.970. The molecule has 66 valence electrons. The molecule has 0 aromatic carbocycles. The van der Waals surface area contributed by atoms with Gasteiger partial charge in [-0.2, -0.15) is 8.78 Å². The number of nitrogens with one attached hydrogen (secondary N) is 1. The van der Waals surface area contributed by atoms with Crippen molar-refractivity contribution in [3.05, 3.63) is 17.7 Å². The average Bonchev–Trinajstić information content (AvgIpc) is 2.32. The average molecular weight is 173 g/mol. The fourth-order valence-electron chi connectivity index (χ4n) is 1.50.